The topological polar surface area (TPSA) is 0 Å². The van der Waals surface area contributed by atoms with Crippen molar-refractivity contribution < 1.29 is 0 Å². The van der Waals surface area contributed by atoms with E-state index in [2.05, 4.69) is 20.4 Å². The van der Waals surface area contributed by atoms with Gasteiger partial charge in [0.2, 0.25) is 0 Å². The largest absolute Gasteiger partial charge is 0.0988 e. The van der Waals surface area contributed by atoms with Crippen molar-refractivity contribution in [3.63, 3.8) is 0 Å². The van der Waals surface area contributed by atoms with E-state index < -0.39 is 0 Å². The van der Waals surface area contributed by atoms with E-state index in [9.17, 15) is 0 Å². The van der Waals surface area contributed by atoms with Crippen LogP contribution in [-0.2, 0) is 0 Å². The second kappa shape index (κ2) is 3.75. The van der Waals surface area contributed by atoms with Crippen LogP contribution >= 0.6 is 0 Å². The summed E-state index contributed by atoms with van der Waals surface area (Å²) in [5.41, 5.74) is 3.06. The second-order valence-electron chi connectivity index (χ2n) is 3.59. The van der Waals surface area contributed by atoms with Crippen molar-refractivity contribution in [2.45, 2.75) is 39.5 Å². The van der Waals surface area contributed by atoms with Gasteiger partial charge in [0.25, 0.3) is 0 Å². The smallest absolute Gasteiger partial charge is 0.0191 e. The Morgan fingerprint density at radius 1 is 1.45 bits per heavy atom. The summed E-state index contributed by atoms with van der Waals surface area (Å²) in [6, 6.07) is 0. The average Bonchev–Trinajstić information content (AvgIpc) is 2.12. The van der Waals surface area contributed by atoms with Gasteiger partial charge >= 0.3 is 0 Å². The van der Waals surface area contributed by atoms with Gasteiger partial charge in [-0.1, -0.05) is 31.6 Å². The average molecular weight is 150 g/mol. The van der Waals surface area contributed by atoms with Crippen LogP contribution in [0.2, 0.25) is 0 Å². The molecule has 1 atom stereocenters. The summed E-state index contributed by atoms with van der Waals surface area (Å²) in [5, 5.41) is 0. The Balaban J connectivity index is 2.81. The fourth-order valence-corrected chi connectivity index (χ4v) is 1.94. The van der Waals surface area contributed by atoms with Gasteiger partial charge in [-0.3, -0.25) is 0 Å². The van der Waals surface area contributed by atoms with E-state index in [4.69, 9.17) is 0 Å². The standard InChI is InChI=1S/C11H18/c1-4-11-9(2)7-5-6-8-10(11)3/h4,9H,1,5-8H2,2-3H3. The van der Waals surface area contributed by atoms with Crippen LogP contribution in [0, 0.1) is 5.92 Å². The molecule has 0 amide bonds. The van der Waals surface area contributed by atoms with Gasteiger partial charge in [0.05, 0.1) is 0 Å². The molecule has 0 spiro atoms. The Morgan fingerprint density at radius 2 is 2.18 bits per heavy atom. The fraction of sp³-hybridized carbons (Fsp3) is 0.636. The number of rotatable bonds is 1. The molecule has 0 heterocycles. The molecular weight excluding hydrogens is 132 g/mol. The first kappa shape index (κ1) is 8.58. The van der Waals surface area contributed by atoms with E-state index in [-0.39, 0.29) is 0 Å². The van der Waals surface area contributed by atoms with Crippen molar-refractivity contribution >= 4 is 0 Å². The van der Waals surface area contributed by atoms with Gasteiger partial charge in [0, 0.05) is 0 Å². The van der Waals surface area contributed by atoms with Crippen LogP contribution in [0.4, 0.5) is 0 Å². The van der Waals surface area contributed by atoms with Crippen molar-refractivity contribution in [2.24, 2.45) is 5.92 Å². The molecule has 0 saturated carbocycles. The summed E-state index contributed by atoms with van der Waals surface area (Å²) in [4.78, 5) is 0. The highest BCUT2D eigenvalue weighted by molar-refractivity contribution is 5.25. The monoisotopic (exact) mass is 150 g/mol. The van der Waals surface area contributed by atoms with Crippen molar-refractivity contribution in [3.05, 3.63) is 23.8 Å². The Kier molecular flexibility index (Phi) is 2.92. The first-order chi connectivity index (χ1) is 5.25. The lowest BCUT2D eigenvalue weighted by molar-refractivity contribution is 0.591. The lowest BCUT2D eigenvalue weighted by Gasteiger charge is -2.11. The molecule has 62 valence electrons. The minimum absolute atomic E-state index is 0.745. The first-order valence-corrected chi connectivity index (χ1v) is 4.57. The fourth-order valence-electron chi connectivity index (χ4n) is 1.94. The third-order valence-corrected chi connectivity index (χ3v) is 2.68. The van der Waals surface area contributed by atoms with E-state index in [0.717, 1.165) is 5.92 Å². The molecule has 0 saturated heterocycles. The SMILES string of the molecule is C=CC1=C(C)CCCCC1C. The summed E-state index contributed by atoms with van der Waals surface area (Å²) in [6.07, 6.45) is 7.43. The Bertz CT molecular complexity index is 174. The van der Waals surface area contributed by atoms with Gasteiger partial charge in [-0.15, -0.1) is 0 Å². The maximum Gasteiger partial charge on any atom is -0.0191 e. The molecule has 1 aliphatic carbocycles. The minimum atomic E-state index is 0.745. The van der Waals surface area contributed by atoms with Crippen molar-refractivity contribution in [2.75, 3.05) is 0 Å². The highest BCUT2D eigenvalue weighted by atomic mass is 14.2. The van der Waals surface area contributed by atoms with Gasteiger partial charge in [0.1, 0.15) is 0 Å². The molecule has 0 aromatic heterocycles. The molecular formula is C11H18. The predicted octanol–water partition coefficient (Wildman–Crippen LogP) is 3.70. The summed E-state index contributed by atoms with van der Waals surface area (Å²) in [7, 11) is 0. The Morgan fingerprint density at radius 3 is 2.82 bits per heavy atom. The Labute approximate surface area is 70.0 Å². The lowest BCUT2D eigenvalue weighted by Crippen LogP contribution is -1.96. The van der Waals surface area contributed by atoms with Crippen LogP contribution < -0.4 is 0 Å². The van der Waals surface area contributed by atoms with Crippen molar-refractivity contribution in [1.29, 1.82) is 0 Å². The van der Waals surface area contributed by atoms with Crippen LogP contribution in [0.15, 0.2) is 23.8 Å². The molecule has 0 heteroatoms. The maximum atomic E-state index is 3.87. The molecule has 0 bridgehead atoms. The minimum Gasteiger partial charge on any atom is -0.0988 e. The third-order valence-electron chi connectivity index (χ3n) is 2.68. The van der Waals surface area contributed by atoms with E-state index in [1.54, 1.807) is 5.57 Å². The molecule has 1 unspecified atom stereocenters. The van der Waals surface area contributed by atoms with Gasteiger partial charge in [-0.25, -0.2) is 0 Å². The molecule has 1 aliphatic rings. The van der Waals surface area contributed by atoms with Crippen molar-refractivity contribution in [1.82, 2.24) is 0 Å². The summed E-state index contributed by atoms with van der Waals surface area (Å²) in [5.74, 6) is 0.745. The van der Waals surface area contributed by atoms with Gasteiger partial charge in [-0.05, 0) is 37.7 Å². The van der Waals surface area contributed by atoms with Gasteiger partial charge < -0.3 is 0 Å². The van der Waals surface area contributed by atoms with E-state index in [0.29, 0.717) is 0 Å². The van der Waals surface area contributed by atoms with Crippen LogP contribution in [-0.4, -0.2) is 0 Å². The lowest BCUT2D eigenvalue weighted by atomic mass is 9.95. The molecule has 0 N–H and O–H groups in total. The summed E-state index contributed by atoms with van der Waals surface area (Å²) >= 11 is 0. The van der Waals surface area contributed by atoms with Crippen LogP contribution in [0.25, 0.3) is 0 Å². The molecule has 1 rings (SSSR count). The first-order valence-electron chi connectivity index (χ1n) is 4.57. The zero-order chi connectivity index (χ0) is 8.27. The molecule has 0 aromatic carbocycles. The quantitative estimate of drug-likeness (QED) is 0.534. The number of hydrogen-bond acceptors (Lipinski definition) is 0. The predicted molar refractivity (Wildman–Crippen MR) is 50.5 cm³/mol. The van der Waals surface area contributed by atoms with E-state index in [1.165, 1.54) is 31.3 Å². The number of hydrogen-bond donors (Lipinski definition) is 0. The molecule has 0 fully saturated rings. The normalized spacial score (nSPS) is 26.5. The van der Waals surface area contributed by atoms with Crippen molar-refractivity contribution in [3.8, 4) is 0 Å². The molecule has 11 heavy (non-hydrogen) atoms. The zero-order valence-corrected chi connectivity index (χ0v) is 7.69. The number of allylic oxidation sites excluding steroid dienone is 3. The van der Waals surface area contributed by atoms with Crippen LogP contribution in [0.3, 0.4) is 0 Å². The molecule has 0 aliphatic heterocycles. The van der Waals surface area contributed by atoms with Gasteiger partial charge in [-0.2, -0.15) is 0 Å². The zero-order valence-electron chi connectivity index (χ0n) is 7.69. The van der Waals surface area contributed by atoms with E-state index in [1.807, 2.05) is 6.08 Å². The highest BCUT2D eigenvalue weighted by Crippen LogP contribution is 2.28. The van der Waals surface area contributed by atoms with Crippen LogP contribution in [0.1, 0.15) is 39.5 Å². The molecule has 0 nitrogen and oxygen atoms in total. The third kappa shape index (κ3) is 1.95. The maximum absolute atomic E-state index is 3.87. The van der Waals surface area contributed by atoms with Crippen LogP contribution in [0.5, 0.6) is 0 Å². The summed E-state index contributed by atoms with van der Waals surface area (Å²) < 4.78 is 0. The molecule has 0 aromatic rings. The van der Waals surface area contributed by atoms with Gasteiger partial charge in [0.15, 0.2) is 0 Å². The second-order valence-corrected chi connectivity index (χ2v) is 3.59. The summed E-state index contributed by atoms with van der Waals surface area (Å²) in [6.45, 7) is 8.43. The van der Waals surface area contributed by atoms with E-state index >= 15 is 0 Å². The molecule has 0 radical (unpaired) electrons. The Hall–Kier alpha value is -0.520. The highest BCUT2D eigenvalue weighted by Gasteiger charge is 2.12.